The van der Waals surface area contributed by atoms with Crippen LogP contribution in [0.25, 0.3) is 0 Å². The molecule has 76 valence electrons. The monoisotopic (exact) mass is 216 g/mol. The smallest absolute Gasteiger partial charge is 0.189 e. The Morgan fingerprint density at radius 1 is 1.27 bits per heavy atom. The van der Waals surface area contributed by atoms with Crippen molar-refractivity contribution in [2.45, 2.75) is 12.8 Å². The molecule has 0 saturated carbocycles. The molecule has 1 aromatic heterocycles. The topological polar surface area (TPSA) is 16.1 Å². The van der Waals surface area contributed by atoms with Crippen molar-refractivity contribution in [3.05, 3.63) is 41.4 Å². The fourth-order valence-electron chi connectivity index (χ4n) is 2.08. The minimum atomic E-state index is 1.09. The van der Waals surface area contributed by atoms with Crippen LogP contribution < -0.4 is 4.90 Å². The number of fused-ring (bicyclic) bond motifs is 1. The van der Waals surface area contributed by atoms with E-state index in [1.807, 2.05) is 11.6 Å². The van der Waals surface area contributed by atoms with Gasteiger partial charge in [0.15, 0.2) is 5.13 Å². The van der Waals surface area contributed by atoms with Gasteiger partial charge < -0.3 is 4.90 Å². The van der Waals surface area contributed by atoms with Crippen LogP contribution in [-0.2, 0) is 6.42 Å². The second-order valence-corrected chi connectivity index (χ2v) is 4.57. The number of thiazole rings is 1. The first-order valence-electron chi connectivity index (χ1n) is 5.20. The Bertz CT molecular complexity index is 450. The highest BCUT2D eigenvalue weighted by Crippen LogP contribution is 2.33. The Kier molecular flexibility index (Phi) is 2.18. The zero-order chi connectivity index (χ0) is 10.1. The molecule has 3 rings (SSSR count). The third kappa shape index (κ3) is 1.53. The lowest BCUT2D eigenvalue weighted by Gasteiger charge is -2.28. The molecule has 15 heavy (non-hydrogen) atoms. The average molecular weight is 216 g/mol. The summed E-state index contributed by atoms with van der Waals surface area (Å²) >= 11 is 1.71. The molecule has 2 heterocycles. The molecule has 0 unspecified atom stereocenters. The van der Waals surface area contributed by atoms with Crippen molar-refractivity contribution in [1.29, 1.82) is 0 Å². The standard InChI is InChI=1S/C12H12N2S/c1-2-6-11-10(4-1)5-3-8-14(11)12-13-7-9-15-12/h1-2,4,6-7,9H,3,5,8H2. The third-order valence-electron chi connectivity index (χ3n) is 2.76. The highest BCUT2D eigenvalue weighted by Gasteiger charge is 2.18. The second-order valence-electron chi connectivity index (χ2n) is 3.70. The number of benzene rings is 1. The van der Waals surface area contributed by atoms with E-state index in [9.17, 15) is 0 Å². The lowest BCUT2D eigenvalue weighted by Crippen LogP contribution is -2.24. The van der Waals surface area contributed by atoms with E-state index in [0.29, 0.717) is 0 Å². The number of para-hydroxylation sites is 1. The van der Waals surface area contributed by atoms with E-state index in [2.05, 4.69) is 34.1 Å². The van der Waals surface area contributed by atoms with E-state index in [4.69, 9.17) is 0 Å². The van der Waals surface area contributed by atoms with Gasteiger partial charge in [-0.3, -0.25) is 0 Å². The van der Waals surface area contributed by atoms with Gasteiger partial charge in [0.25, 0.3) is 0 Å². The highest BCUT2D eigenvalue weighted by molar-refractivity contribution is 7.13. The Balaban J connectivity index is 2.06. The first-order chi connectivity index (χ1) is 7.45. The maximum absolute atomic E-state index is 4.38. The summed E-state index contributed by atoms with van der Waals surface area (Å²) in [4.78, 5) is 6.71. The quantitative estimate of drug-likeness (QED) is 0.727. The summed E-state index contributed by atoms with van der Waals surface area (Å²) in [5, 5.41) is 3.15. The van der Waals surface area contributed by atoms with Gasteiger partial charge in [-0.1, -0.05) is 18.2 Å². The van der Waals surface area contributed by atoms with Gasteiger partial charge in [-0.25, -0.2) is 4.98 Å². The van der Waals surface area contributed by atoms with Gasteiger partial charge in [0.05, 0.1) is 0 Å². The molecule has 1 aliphatic rings. The Labute approximate surface area is 93.2 Å². The van der Waals surface area contributed by atoms with E-state index in [1.165, 1.54) is 24.1 Å². The fourth-order valence-corrected chi connectivity index (χ4v) is 2.76. The zero-order valence-electron chi connectivity index (χ0n) is 8.39. The number of hydrogen-bond acceptors (Lipinski definition) is 3. The molecule has 0 amide bonds. The minimum absolute atomic E-state index is 1.09. The van der Waals surface area contributed by atoms with Gasteiger partial charge in [-0.15, -0.1) is 11.3 Å². The summed E-state index contributed by atoms with van der Waals surface area (Å²) in [6.07, 6.45) is 4.28. The van der Waals surface area contributed by atoms with Crippen LogP contribution in [0.1, 0.15) is 12.0 Å². The number of anilines is 2. The van der Waals surface area contributed by atoms with Crippen molar-refractivity contribution < 1.29 is 0 Å². The minimum Gasteiger partial charge on any atom is -0.318 e. The van der Waals surface area contributed by atoms with Crippen molar-refractivity contribution in [2.75, 3.05) is 11.4 Å². The zero-order valence-corrected chi connectivity index (χ0v) is 9.20. The van der Waals surface area contributed by atoms with Gasteiger partial charge in [0, 0.05) is 23.8 Å². The maximum atomic E-state index is 4.38. The molecular formula is C12H12N2S. The number of hydrogen-bond donors (Lipinski definition) is 0. The molecule has 0 atom stereocenters. The Hall–Kier alpha value is -1.35. The van der Waals surface area contributed by atoms with Crippen molar-refractivity contribution in [3.63, 3.8) is 0 Å². The maximum Gasteiger partial charge on any atom is 0.189 e. The molecule has 1 aromatic carbocycles. The molecule has 3 heteroatoms. The van der Waals surface area contributed by atoms with E-state index in [-0.39, 0.29) is 0 Å². The largest absolute Gasteiger partial charge is 0.318 e. The first-order valence-corrected chi connectivity index (χ1v) is 6.08. The number of aryl methyl sites for hydroxylation is 1. The fraction of sp³-hybridized carbons (Fsp3) is 0.250. The SMILES string of the molecule is c1ccc2c(c1)CCCN2c1nccs1. The van der Waals surface area contributed by atoms with Crippen LogP contribution >= 0.6 is 11.3 Å². The van der Waals surface area contributed by atoms with Crippen molar-refractivity contribution >= 4 is 22.2 Å². The number of aromatic nitrogens is 1. The molecule has 0 saturated heterocycles. The van der Waals surface area contributed by atoms with E-state index >= 15 is 0 Å². The summed E-state index contributed by atoms with van der Waals surface area (Å²) in [6, 6.07) is 8.62. The Morgan fingerprint density at radius 3 is 3.07 bits per heavy atom. The second kappa shape index (κ2) is 3.66. The molecular weight excluding hydrogens is 204 g/mol. The highest BCUT2D eigenvalue weighted by atomic mass is 32.1. The van der Waals surface area contributed by atoms with Gasteiger partial charge >= 0.3 is 0 Å². The van der Waals surface area contributed by atoms with Crippen molar-refractivity contribution in [3.8, 4) is 0 Å². The van der Waals surface area contributed by atoms with Gasteiger partial charge in [-0.2, -0.15) is 0 Å². The number of rotatable bonds is 1. The van der Waals surface area contributed by atoms with E-state index in [0.717, 1.165) is 11.7 Å². The molecule has 2 aromatic rings. The van der Waals surface area contributed by atoms with Gasteiger partial charge in [-0.05, 0) is 24.5 Å². The first kappa shape index (κ1) is 8.92. The third-order valence-corrected chi connectivity index (χ3v) is 3.55. The van der Waals surface area contributed by atoms with Crippen LogP contribution in [0.4, 0.5) is 10.8 Å². The van der Waals surface area contributed by atoms with Gasteiger partial charge in [0.2, 0.25) is 0 Å². The van der Waals surface area contributed by atoms with E-state index in [1.54, 1.807) is 11.3 Å². The summed E-state index contributed by atoms with van der Waals surface area (Å²) in [6.45, 7) is 1.09. The molecule has 0 aliphatic carbocycles. The average Bonchev–Trinajstić information content (AvgIpc) is 2.82. The molecule has 0 bridgehead atoms. The molecule has 0 radical (unpaired) electrons. The molecule has 0 fully saturated rings. The van der Waals surface area contributed by atoms with Crippen LogP contribution in [0.3, 0.4) is 0 Å². The molecule has 0 N–H and O–H groups in total. The molecule has 2 nitrogen and oxygen atoms in total. The summed E-state index contributed by atoms with van der Waals surface area (Å²) in [5.74, 6) is 0. The lowest BCUT2D eigenvalue weighted by atomic mass is 10.0. The van der Waals surface area contributed by atoms with Crippen LogP contribution in [0.2, 0.25) is 0 Å². The van der Waals surface area contributed by atoms with Crippen molar-refractivity contribution in [1.82, 2.24) is 4.98 Å². The van der Waals surface area contributed by atoms with Crippen LogP contribution in [0.5, 0.6) is 0 Å². The van der Waals surface area contributed by atoms with Crippen LogP contribution in [0, 0.1) is 0 Å². The van der Waals surface area contributed by atoms with E-state index < -0.39 is 0 Å². The predicted octanol–water partition coefficient (Wildman–Crippen LogP) is 3.23. The molecule has 1 aliphatic heterocycles. The van der Waals surface area contributed by atoms with Gasteiger partial charge in [0.1, 0.15) is 0 Å². The lowest BCUT2D eigenvalue weighted by molar-refractivity contribution is 0.765. The Morgan fingerprint density at radius 2 is 2.20 bits per heavy atom. The van der Waals surface area contributed by atoms with Crippen LogP contribution in [-0.4, -0.2) is 11.5 Å². The summed E-state index contributed by atoms with van der Waals surface area (Å²) in [5.41, 5.74) is 2.78. The van der Waals surface area contributed by atoms with Crippen LogP contribution in [0.15, 0.2) is 35.8 Å². The number of nitrogens with zero attached hydrogens (tertiary/aromatic N) is 2. The summed E-state index contributed by atoms with van der Waals surface area (Å²) in [7, 11) is 0. The van der Waals surface area contributed by atoms with Crippen molar-refractivity contribution in [2.24, 2.45) is 0 Å². The predicted molar refractivity (Wildman–Crippen MR) is 63.9 cm³/mol. The normalized spacial score (nSPS) is 15.1. The summed E-state index contributed by atoms with van der Waals surface area (Å²) < 4.78 is 0. The molecule has 0 spiro atoms.